The minimum Gasteiger partial charge on any atom is -0.339 e. The lowest BCUT2D eigenvalue weighted by Gasteiger charge is -2.10. The van der Waals surface area contributed by atoms with E-state index >= 15 is 0 Å². The molecule has 0 unspecified atom stereocenters. The van der Waals surface area contributed by atoms with Gasteiger partial charge in [-0.25, -0.2) is 0 Å². The first-order chi connectivity index (χ1) is 8.91. The number of hydrogen-bond donors (Lipinski definition) is 1. The molecular formula is C11H9BrF3N3O. The highest BCUT2D eigenvalue weighted by atomic mass is 79.9. The van der Waals surface area contributed by atoms with Crippen LogP contribution in [0.5, 0.6) is 0 Å². The molecule has 1 aromatic heterocycles. The van der Waals surface area contributed by atoms with Crippen molar-refractivity contribution in [2.24, 2.45) is 5.73 Å². The molecule has 0 fully saturated rings. The average molecular weight is 336 g/mol. The number of nitrogens with two attached hydrogens (primary N) is 1. The zero-order valence-electron chi connectivity index (χ0n) is 9.54. The van der Waals surface area contributed by atoms with E-state index in [1.54, 1.807) is 0 Å². The quantitative estimate of drug-likeness (QED) is 0.936. The van der Waals surface area contributed by atoms with E-state index in [4.69, 9.17) is 10.3 Å². The lowest BCUT2D eigenvalue weighted by Crippen LogP contribution is -2.08. The van der Waals surface area contributed by atoms with E-state index in [9.17, 15) is 13.2 Å². The molecule has 8 heteroatoms. The molecule has 0 radical (unpaired) electrons. The Labute approximate surface area is 114 Å². The zero-order valence-corrected chi connectivity index (χ0v) is 11.1. The van der Waals surface area contributed by atoms with Gasteiger partial charge in [0.1, 0.15) is 0 Å². The SMILES string of the molecule is NCCc1nc(-c2ccc(Br)cc2C(F)(F)F)no1. The second-order valence-corrected chi connectivity index (χ2v) is 4.65. The number of benzene rings is 1. The highest BCUT2D eigenvalue weighted by Gasteiger charge is 2.35. The number of nitrogens with zero attached hydrogens (tertiary/aromatic N) is 2. The molecule has 0 spiro atoms. The molecule has 1 heterocycles. The standard InChI is InChI=1S/C11H9BrF3N3O/c12-6-1-2-7(8(5-6)11(13,14)15)10-17-9(3-4-16)19-18-10/h1-2,5H,3-4,16H2. The third-order valence-electron chi connectivity index (χ3n) is 2.35. The highest BCUT2D eigenvalue weighted by molar-refractivity contribution is 9.10. The van der Waals surface area contributed by atoms with Gasteiger partial charge in [0.15, 0.2) is 0 Å². The van der Waals surface area contributed by atoms with E-state index in [-0.39, 0.29) is 23.8 Å². The van der Waals surface area contributed by atoms with Gasteiger partial charge in [0.05, 0.1) is 5.56 Å². The van der Waals surface area contributed by atoms with Crippen molar-refractivity contribution in [3.05, 3.63) is 34.1 Å². The van der Waals surface area contributed by atoms with Crippen LogP contribution in [0.1, 0.15) is 11.5 Å². The van der Waals surface area contributed by atoms with Crippen LogP contribution in [0.15, 0.2) is 27.2 Å². The van der Waals surface area contributed by atoms with Gasteiger partial charge in [-0.1, -0.05) is 21.1 Å². The molecule has 1 aromatic carbocycles. The van der Waals surface area contributed by atoms with E-state index in [1.165, 1.54) is 12.1 Å². The minimum atomic E-state index is -4.49. The van der Waals surface area contributed by atoms with Gasteiger partial charge < -0.3 is 10.3 Å². The second-order valence-electron chi connectivity index (χ2n) is 3.74. The van der Waals surface area contributed by atoms with Crippen molar-refractivity contribution in [1.82, 2.24) is 10.1 Å². The van der Waals surface area contributed by atoms with Crippen LogP contribution >= 0.6 is 15.9 Å². The summed E-state index contributed by atoms with van der Waals surface area (Å²) in [5, 5.41) is 3.55. The van der Waals surface area contributed by atoms with Crippen molar-refractivity contribution in [3.8, 4) is 11.4 Å². The average Bonchev–Trinajstić information content (AvgIpc) is 2.77. The van der Waals surface area contributed by atoms with E-state index in [2.05, 4.69) is 26.1 Å². The van der Waals surface area contributed by atoms with E-state index < -0.39 is 11.7 Å². The van der Waals surface area contributed by atoms with Gasteiger partial charge in [-0.2, -0.15) is 18.2 Å². The predicted molar refractivity (Wildman–Crippen MR) is 65.2 cm³/mol. The Bertz CT molecular complexity index is 583. The molecule has 0 aliphatic rings. The molecule has 0 amide bonds. The molecule has 4 nitrogen and oxygen atoms in total. The maximum absolute atomic E-state index is 12.9. The maximum atomic E-state index is 12.9. The summed E-state index contributed by atoms with van der Waals surface area (Å²) in [5.74, 6) is 0.122. The van der Waals surface area contributed by atoms with Crippen molar-refractivity contribution in [2.75, 3.05) is 6.54 Å². The summed E-state index contributed by atoms with van der Waals surface area (Å²) in [6.45, 7) is 0.286. The molecule has 2 aromatic rings. The van der Waals surface area contributed by atoms with Crippen molar-refractivity contribution >= 4 is 15.9 Å². The molecule has 0 atom stereocenters. The summed E-state index contributed by atoms with van der Waals surface area (Å²) in [6, 6.07) is 3.77. The zero-order chi connectivity index (χ0) is 14.0. The van der Waals surface area contributed by atoms with E-state index in [1.807, 2.05) is 0 Å². The topological polar surface area (TPSA) is 64.9 Å². The number of aromatic nitrogens is 2. The van der Waals surface area contributed by atoms with Crippen LogP contribution in [-0.4, -0.2) is 16.7 Å². The third-order valence-corrected chi connectivity index (χ3v) is 2.85. The van der Waals surface area contributed by atoms with Crippen LogP contribution in [0, 0.1) is 0 Å². The van der Waals surface area contributed by atoms with Crippen LogP contribution in [0.3, 0.4) is 0 Å². The van der Waals surface area contributed by atoms with Gasteiger partial charge >= 0.3 is 6.18 Å². The largest absolute Gasteiger partial charge is 0.417 e. The number of rotatable bonds is 3. The van der Waals surface area contributed by atoms with Crippen molar-refractivity contribution in [3.63, 3.8) is 0 Å². The van der Waals surface area contributed by atoms with Gasteiger partial charge in [-0.05, 0) is 18.2 Å². The third kappa shape index (κ3) is 3.13. The predicted octanol–water partition coefficient (Wildman–Crippen LogP) is 3.02. The summed E-state index contributed by atoms with van der Waals surface area (Å²) in [4.78, 5) is 3.90. The first-order valence-corrected chi connectivity index (χ1v) is 6.11. The molecule has 0 saturated heterocycles. The van der Waals surface area contributed by atoms with E-state index in [0.29, 0.717) is 10.9 Å². The Morgan fingerprint density at radius 3 is 2.68 bits per heavy atom. The fourth-order valence-corrected chi connectivity index (χ4v) is 1.90. The second kappa shape index (κ2) is 5.30. The van der Waals surface area contributed by atoms with Crippen LogP contribution in [0.2, 0.25) is 0 Å². The van der Waals surface area contributed by atoms with Gasteiger partial charge in [0.25, 0.3) is 0 Å². The Balaban J connectivity index is 2.48. The normalized spacial score (nSPS) is 11.8. The van der Waals surface area contributed by atoms with Crippen LogP contribution in [-0.2, 0) is 12.6 Å². The summed E-state index contributed by atoms with van der Waals surface area (Å²) in [7, 11) is 0. The first kappa shape index (κ1) is 14.0. The Kier molecular flexibility index (Phi) is 3.91. The highest BCUT2D eigenvalue weighted by Crippen LogP contribution is 2.37. The smallest absolute Gasteiger partial charge is 0.339 e. The molecule has 0 aliphatic heterocycles. The summed E-state index contributed by atoms with van der Waals surface area (Å²) in [6.07, 6.45) is -4.17. The molecule has 0 bridgehead atoms. The molecule has 2 rings (SSSR count). The lowest BCUT2D eigenvalue weighted by molar-refractivity contribution is -0.137. The minimum absolute atomic E-state index is 0.0942. The molecule has 0 saturated carbocycles. The monoisotopic (exact) mass is 335 g/mol. The summed E-state index contributed by atoms with van der Waals surface area (Å²) >= 11 is 3.01. The number of alkyl halides is 3. The van der Waals surface area contributed by atoms with Crippen molar-refractivity contribution in [2.45, 2.75) is 12.6 Å². The number of hydrogen-bond acceptors (Lipinski definition) is 4. The van der Waals surface area contributed by atoms with Crippen molar-refractivity contribution in [1.29, 1.82) is 0 Å². The van der Waals surface area contributed by atoms with Crippen LogP contribution < -0.4 is 5.73 Å². The summed E-state index contributed by atoms with van der Waals surface area (Å²) < 4.78 is 44.0. The molecule has 19 heavy (non-hydrogen) atoms. The van der Waals surface area contributed by atoms with Crippen LogP contribution in [0.4, 0.5) is 13.2 Å². The molecule has 2 N–H and O–H groups in total. The van der Waals surface area contributed by atoms with Gasteiger partial charge in [0.2, 0.25) is 11.7 Å². The van der Waals surface area contributed by atoms with Gasteiger partial charge in [-0.15, -0.1) is 0 Å². The summed E-state index contributed by atoms with van der Waals surface area (Å²) in [5.41, 5.74) is 4.37. The maximum Gasteiger partial charge on any atom is 0.417 e. The van der Waals surface area contributed by atoms with Gasteiger partial charge in [0, 0.05) is 23.0 Å². The van der Waals surface area contributed by atoms with Crippen LogP contribution in [0.25, 0.3) is 11.4 Å². The lowest BCUT2D eigenvalue weighted by atomic mass is 10.1. The Morgan fingerprint density at radius 2 is 2.05 bits per heavy atom. The van der Waals surface area contributed by atoms with Crippen molar-refractivity contribution < 1.29 is 17.7 Å². The Morgan fingerprint density at radius 1 is 1.32 bits per heavy atom. The molecule has 0 aliphatic carbocycles. The molecule has 102 valence electrons. The molecular weight excluding hydrogens is 327 g/mol. The van der Waals surface area contributed by atoms with Gasteiger partial charge in [-0.3, -0.25) is 0 Å². The number of halogens is 4. The first-order valence-electron chi connectivity index (χ1n) is 5.31. The fraction of sp³-hybridized carbons (Fsp3) is 0.273. The Hall–Kier alpha value is -1.41. The fourth-order valence-electron chi connectivity index (χ4n) is 1.54. The van der Waals surface area contributed by atoms with E-state index in [0.717, 1.165) is 6.07 Å².